The molecule has 0 aliphatic heterocycles. The minimum absolute atomic E-state index is 0.0174. The molecule has 1 aliphatic carbocycles. The molecule has 0 spiro atoms. The normalized spacial score (nSPS) is 19.6. The van der Waals surface area contributed by atoms with Gasteiger partial charge in [-0.2, -0.15) is 0 Å². The first-order valence-electron chi connectivity index (χ1n) is 4.23. The molecule has 0 unspecified atom stereocenters. The molecule has 1 aromatic carbocycles. The first-order chi connectivity index (χ1) is 6.08. The van der Waals surface area contributed by atoms with Crippen LogP contribution in [0.15, 0.2) is 22.7 Å². The van der Waals surface area contributed by atoms with E-state index >= 15 is 0 Å². The fourth-order valence-corrected chi connectivity index (χ4v) is 2.25. The van der Waals surface area contributed by atoms with E-state index in [1.165, 1.54) is 0 Å². The molecule has 0 fully saturated rings. The highest BCUT2D eigenvalue weighted by atomic mass is 79.9. The molecule has 0 saturated heterocycles. The van der Waals surface area contributed by atoms with Crippen molar-refractivity contribution >= 4 is 15.9 Å². The van der Waals surface area contributed by atoms with Crippen molar-refractivity contribution in [3.8, 4) is 0 Å². The molecule has 0 bridgehead atoms. The maximum Gasteiger partial charge on any atom is 0.252 e. The van der Waals surface area contributed by atoms with Crippen molar-refractivity contribution in [3.05, 3.63) is 33.8 Å². The molecule has 3 heteroatoms. The summed E-state index contributed by atoms with van der Waals surface area (Å²) < 4.78 is 26.9. The fraction of sp³-hybridized carbons (Fsp3) is 0.400. The standard InChI is InChI=1S/C10H9BrF2/c11-9-3-1-2-7-4-5-10(12,13)6-8(7)9/h1-3H,4-6H2. The fourth-order valence-electron chi connectivity index (χ4n) is 1.70. The lowest BCUT2D eigenvalue weighted by Crippen LogP contribution is -2.26. The molecule has 0 atom stereocenters. The molecule has 0 nitrogen and oxygen atoms in total. The molecule has 1 aromatic rings. The second-order valence-corrected chi connectivity index (χ2v) is 4.26. The predicted octanol–water partition coefficient (Wildman–Crippen LogP) is 3.57. The zero-order chi connectivity index (χ0) is 9.47. The van der Waals surface area contributed by atoms with Crippen LogP contribution in [-0.4, -0.2) is 5.92 Å². The summed E-state index contributed by atoms with van der Waals surface area (Å²) in [6.07, 6.45) is 0.349. The summed E-state index contributed by atoms with van der Waals surface area (Å²) in [5.41, 5.74) is 1.83. The molecular formula is C10H9BrF2. The van der Waals surface area contributed by atoms with Crippen LogP contribution in [0, 0.1) is 0 Å². The van der Waals surface area contributed by atoms with Gasteiger partial charge in [-0.1, -0.05) is 28.1 Å². The van der Waals surface area contributed by atoms with E-state index in [9.17, 15) is 8.78 Å². The van der Waals surface area contributed by atoms with Crippen LogP contribution in [0.1, 0.15) is 17.5 Å². The summed E-state index contributed by atoms with van der Waals surface area (Å²) in [5.74, 6) is -2.52. The van der Waals surface area contributed by atoms with Crippen LogP contribution in [0.3, 0.4) is 0 Å². The Labute approximate surface area is 84.1 Å². The Kier molecular flexibility index (Phi) is 2.14. The molecule has 0 N–H and O–H groups in total. The quantitative estimate of drug-likeness (QED) is 0.657. The Morgan fingerprint density at radius 2 is 2.08 bits per heavy atom. The topological polar surface area (TPSA) is 0 Å². The summed E-state index contributed by atoms with van der Waals surface area (Å²) in [6.45, 7) is 0. The van der Waals surface area contributed by atoms with Crippen molar-refractivity contribution < 1.29 is 8.78 Å². The van der Waals surface area contributed by atoms with Gasteiger partial charge in [0.2, 0.25) is 0 Å². The van der Waals surface area contributed by atoms with Gasteiger partial charge >= 0.3 is 0 Å². The zero-order valence-electron chi connectivity index (χ0n) is 6.99. The molecule has 0 radical (unpaired) electrons. The lowest BCUT2D eigenvalue weighted by molar-refractivity contribution is -0.0124. The van der Waals surface area contributed by atoms with Gasteiger partial charge in [0.05, 0.1) is 0 Å². The van der Waals surface area contributed by atoms with Crippen molar-refractivity contribution in [1.29, 1.82) is 0 Å². The van der Waals surface area contributed by atoms with Crippen molar-refractivity contribution in [2.45, 2.75) is 25.2 Å². The highest BCUT2D eigenvalue weighted by Gasteiger charge is 2.34. The van der Waals surface area contributed by atoms with Gasteiger partial charge in [-0.25, -0.2) is 8.78 Å². The molecule has 0 heterocycles. The Hall–Kier alpha value is -0.440. The maximum atomic E-state index is 13.0. The molecule has 0 aromatic heterocycles. The monoisotopic (exact) mass is 246 g/mol. The number of alkyl halides is 2. The molecule has 0 saturated carbocycles. The summed E-state index contributed by atoms with van der Waals surface area (Å²) in [4.78, 5) is 0. The second kappa shape index (κ2) is 3.05. The lowest BCUT2D eigenvalue weighted by atomic mass is 9.89. The van der Waals surface area contributed by atoms with Crippen LogP contribution in [-0.2, 0) is 12.8 Å². The third-order valence-corrected chi connectivity index (χ3v) is 3.15. The van der Waals surface area contributed by atoms with E-state index in [4.69, 9.17) is 0 Å². The summed E-state index contributed by atoms with van der Waals surface area (Å²) >= 11 is 3.30. The number of hydrogen-bond acceptors (Lipinski definition) is 0. The zero-order valence-corrected chi connectivity index (χ0v) is 8.57. The number of hydrogen-bond donors (Lipinski definition) is 0. The van der Waals surface area contributed by atoms with E-state index < -0.39 is 5.92 Å². The highest BCUT2D eigenvalue weighted by molar-refractivity contribution is 9.10. The largest absolute Gasteiger partial charge is 0.252 e. The minimum Gasteiger partial charge on any atom is -0.207 e. The Morgan fingerprint density at radius 1 is 1.31 bits per heavy atom. The lowest BCUT2D eigenvalue weighted by Gasteiger charge is -2.24. The van der Waals surface area contributed by atoms with E-state index in [-0.39, 0.29) is 12.8 Å². The minimum atomic E-state index is -2.52. The van der Waals surface area contributed by atoms with Gasteiger partial charge in [-0.15, -0.1) is 0 Å². The van der Waals surface area contributed by atoms with Gasteiger partial charge < -0.3 is 0 Å². The average molecular weight is 247 g/mol. The van der Waals surface area contributed by atoms with E-state index in [0.717, 1.165) is 15.6 Å². The number of benzene rings is 1. The number of rotatable bonds is 0. The number of aryl methyl sites for hydroxylation is 1. The Bertz CT molecular complexity index is 334. The van der Waals surface area contributed by atoms with Crippen LogP contribution < -0.4 is 0 Å². The van der Waals surface area contributed by atoms with Crippen molar-refractivity contribution in [2.75, 3.05) is 0 Å². The summed E-state index contributed by atoms with van der Waals surface area (Å²) in [6, 6.07) is 5.64. The third-order valence-electron chi connectivity index (χ3n) is 2.41. The molecule has 0 amide bonds. The van der Waals surface area contributed by atoms with Crippen LogP contribution in [0.25, 0.3) is 0 Å². The van der Waals surface area contributed by atoms with E-state index in [1.54, 1.807) is 0 Å². The van der Waals surface area contributed by atoms with Gasteiger partial charge in [0.1, 0.15) is 0 Å². The van der Waals surface area contributed by atoms with Gasteiger partial charge in [0.25, 0.3) is 5.92 Å². The van der Waals surface area contributed by atoms with Gasteiger partial charge in [0, 0.05) is 17.3 Å². The van der Waals surface area contributed by atoms with E-state index in [2.05, 4.69) is 15.9 Å². The van der Waals surface area contributed by atoms with Gasteiger partial charge in [-0.3, -0.25) is 0 Å². The van der Waals surface area contributed by atoms with Gasteiger partial charge in [-0.05, 0) is 23.6 Å². The summed E-state index contributed by atoms with van der Waals surface area (Å²) in [5, 5.41) is 0. The Morgan fingerprint density at radius 3 is 2.85 bits per heavy atom. The highest BCUT2D eigenvalue weighted by Crippen LogP contribution is 2.36. The first kappa shape index (κ1) is 9.13. The van der Waals surface area contributed by atoms with Gasteiger partial charge in [0.15, 0.2) is 0 Å². The molecular weight excluding hydrogens is 238 g/mol. The third kappa shape index (κ3) is 1.75. The van der Waals surface area contributed by atoms with Crippen molar-refractivity contribution in [3.63, 3.8) is 0 Å². The van der Waals surface area contributed by atoms with Crippen LogP contribution in [0.2, 0.25) is 0 Å². The van der Waals surface area contributed by atoms with E-state index in [0.29, 0.717) is 6.42 Å². The molecule has 13 heavy (non-hydrogen) atoms. The Balaban J connectivity index is 2.44. The van der Waals surface area contributed by atoms with Crippen LogP contribution in [0.4, 0.5) is 8.78 Å². The molecule has 70 valence electrons. The first-order valence-corrected chi connectivity index (χ1v) is 5.02. The van der Waals surface area contributed by atoms with Crippen LogP contribution in [0.5, 0.6) is 0 Å². The maximum absolute atomic E-state index is 13.0. The smallest absolute Gasteiger partial charge is 0.207 e. The van der Waals surface area contributed by atoms with Crippen LogP contribution >= 0.6 is 15.9 Å². The van der Waals surface area contributed by atoms with Crippen molar-refractivity contribution in [2.24, 2.45) is 0 Å². The van der Waals surface area contributed by atoms with Crippen molar-refractivity contribution in [1.82, 2.24) is 0 Å². The summed E-state index contributed by atoms with van der Waals surface area (Å²) in [7, 11) is 0. The van der Waals surface area contributed by atoms with E-state index in [1.807, 2.05) is 18.2 Å². The number of halogens is 3. The molecule has 2 rings (SSSR count). The molecule has 1 aliphatic rings. The predicted molar refractivity (Wildman–Crippen MR) is 51.1 cm³/mol. The SMILES string of the molecule is FC1(F)CCc2cccc(Br)c2C1. The average Bonchev–Trinajstić information content (AvgIpc) is 2.06. The number of fused-ring (bicyclic) bond motifs is 1. The second-order valence-electron chi connectivity index (χ2n) is 3.41.